The Morgan fingerprint density at radius 2 is 2.16 bits per heavy atom. The number of aromatic hydroxyl groups is 1. The summed E-state index contributed by atoms with van der Waals surface area (Å²) in [4.78, 5) is 0.795. The molecular formula is C12H11N5OS. The number of phenolic OH excluding ortho intramolecular Hbond substituents is 1. The van der Waals surface area contributed by atoms with E-state index in [1.165, 1.54) is 24.2 Å². The maximum atomic E-state index is 9.45. The van der Waals surface area contributed by atoms with Gasteiger partial charge in [-0.15, -0.1) is 10.2 Å². The molecule has 6 nitrogen and oxygen atoms in total. The molecule has 2 aromatic heterocycles. The van der Waals surface area contributed by atoms with Gasteiger partial charge < -0.3 is 10.8 Å². The summed E-state index contributed by atoms with van der Waals surface area (Å²) in [6.07, 6.45) is 2.33. The fourth-order valence-electron chi connectivity index (χ4n) is 2.03. The first-order chi connectivity index (χ1) is 9.22. The Bertz CT molecular complexity index is 774. The molecule has 0 atom stereocenters. The van der Waals surface area contributed by atoms with Crippen molar-refractivity contribution < 1.29 is 5.11 Å². The lowest BCUT2D eigenvalue weighted by Crippen LogP contribution is -1.93. The average Bonchev–Trinajstić information content (AvgIpc) is 3.01. The topological polar surface area (TPSA) is 89.3 Å². The van der Waals surface area contributed by atoms with Crippen LogP contribution < -0.4 is 5.73 Å². The maximum absolute atomic E-state index is 9.45. The van der Waals surface area contributed by atoms with Crippen LogP contribution in [-0.2, 0) is 0 Å². The monoisotopic (exact) mass is 273 g/mol. The number of rotatable bonds is 2. The highest BCUT2D eigenvalue weighted by Gasteiger charge is 2.30. The van der Waals surface area contributed by atoms with Crippen LogP contribution in [0.2, 0.25) is 0 Å². The van der Waals surface area contributed by atoms with Crippen LogP contribution in [0.3, 0.4) is 0 Å². The third-order valence-electron chi connectivity index (χ3n) is 3.23. The number of fused-ring (bicyclic) bond motifs is 1. The lowest BCUT2D eigenvalue weighted by atomic mass is 10.2. The zero-order chi connectivity index (χ0) is 13.0. The molecule has 7 heteroatoms. The highest BCUT2D eigenvalue weighted by Crippen LogP contribution is 2.40. The molecule has 2 heterocycles. The van der Waals surface area contributed by atoms with Crippen molar-refractivity contribution >= 4 is 22.0 Å². The van der Waals surface area contributed by atoms with E-state index in [1.807, 2.05) is 4.52 Å². The molecule has 1 aliphatic rings. The fourth-order valence-corrected chi connectivity index (χ4v) is 2.88. The van der Waals surface area contributed by atoms with Crippen molar-refractivity contribution in [1.29, 1.82) is 0 Å². The molecule has 1 aliphatic carbocycles. The van der Waals surface area contributed by atoms with E-state index in [-0.39, 0.29) is 5.75 Å². The molecule has 1 saturated carbocycles. The number of phenols is 1. The summed E-state index contributed by atoms with van der Waals surface area (Å²) in [5.74, 6) is 1.55. The van der Waals surface area contributed by atoms with Crippen LogP contribution >= 0.6 is 11.3 Å². The van der Waals surface area contributed by atoms with Gasteiger partial charge in [-0.05, 0) is 31.0 Å². The molecule has 0 radical (unpaired) electrons. The van der Waals surface area contributed by atoms with Crippen molar-refractivity contribution in [2.75, 3.05) is 5.73 Å². The molecule has 0 aliphatic heterocycles. The Hall–Kier alpha value is -2.15. The Morgan fingerprint density at radius 1 is 1.32 bits per heavy atom. The molecule has 96 valence electrons. The van der Waals surface area contributed by atoms with Crippen molar-refractivity contribution in [3.63, 3.8) is 0 Å². The zero-order valence-corrected chi connectivity index (χ0v) is 10.8. The predicted molar refractivity (Wildman–Crippen MR) is 72.1 cm³/mol. The zero-order valence-electron chi connectivity index (χ0n) is 9.95. The molecule has 0 spiro atoms. The van der Waals surface area contributed by atoms with Gasteiger partial charge in [-0.25, -0.2) is 0 Å². The van der Waals surface area contributed by atoms with E-state index >= 15 is 0 Å². The number of nitrogens with two attached hydrogens (primary N) is 1. The van der Waals surface area contributed by atoms with E-state index < -0.39 is 0 Å². The van der Waals surface area contributed by atoms with E-state index in [2.05, 4.69) is 15.3 Å². The second kappa shape index (κ2) is 3.67. The second-order valence-corrected chi connectivity index (χ2v) is 5.66. The van der Waals surface area contributed by atoms with Crippen molar-refractivity contribution in [1.82, 2.24) is 19.8 Å². The highest BCUT2D eigenvalue weighted by atomic mass is 32.1. The van der Waals surface area contributed by atoms with Gasteiger partial charge >= 0.3 is 0 Å². The number of hydrogen-bond acceptors (Lipinski definition) is 6. The SMILES string of the molecule is Nc1cc(-c2nn3c(C4CC4)nnc3s2)ccc1O. The number of hydrogen-bond donors (Lipinski definition) is 2. The minimum atomic E-state index is 0.0884. The Balaban J connectivity index is 1.84. The Morgan fingerprint density at radius 3 is 2.89 bits per heavy atom. The quantitative estimate of drug-likeness (QED) is 0.550. The highest BCUT2D eigenvalue weighted by molar-refractivity contribution is 7.19. The predicted octanol–water partition coefficient (Wildman–Crippen LogP) is 2.02. The summed E-state index contributed by atoms with van der Waals surface area (Å²) in [6, 6.07) is 5.10. The Kier molecular flexibility index (Phi) is 2.08. The number of benzene rings is 1. The fraction of sp³-hybridized carbons (Fsp3) is 0.250. The van der Waals surface area contributed by atoms with E-state index in [0.717, 1.165) is 21.4 Å². The van der Waals surface area contributed by atoms with Crippen LogP contribution in [0.1, 0.15) is 24.6 Å². The van der Waals surface area contributed by atoms with Gasteiger partial charge in [0.25, 0.3) is 0 Å². The average molecular weight is 273 g/mol. The van der Waals surface area contributed by atoms with Crippen LogP contribution in [0.4, 0.5) is 5.69 Å². The van der Waals surface area contributed by atoms with E-state index in [4.69, 9.17) is 5.73 Å². The van der Waals surface area contributed by atoms with Gasteiger partial charge in [0.05, 0.1) is 5.69 Å². The standard InChI is InChI=1S/C12H11N5OS/c13-8-5-7(3-4-9(8)18)11-16-17-10(6-1-2-6)14-15-12(17)19-11/h3-6,18H,1-2,13H2. The first-order valence-electron chi connectivity index (χ1n) is 6.03. The summed E-state index contributed by atoms with van der Waals surface area (Å²) in [5.41, 5.74) is 6.94. The smallest absolute Gasteiger partial charge is 0.234 e. The van der Waals surface area contributed by atoms with Gasteiger partial charge in [-0.3, -0.25) is 0 Å². The second-order valence-electron chi connectivity index (χ2n) is 4.71. The van der Waals surface area contributed by atoms with Crippen LogP contribution in [-0.4, -0.2) is 24.9 Å². The molecule has 0 bridgehead atoms. The number of nitrogen functional groups attached to an aromatic ring is 1. The van der Waals surface area contributed by atoms with Gasteiger partial charge in [0.2, 0.25) is 4.96 Å². The van der Waals surface area contributed by atoms with Gasteiger partial charge in [-0.1, -0.05) is 11.3 Å². The molecule has 19 heavy (non-hydrogen) atoms. The van der Waals surface area contributed by atoms with Crippen LogP contribution in [0.25, 0.3) is 15.5 Å². The molecular weight excluding hydrogens is 262 g/mol. The van der Waals surface area contributed by atoms with Crippen molar-refractivity contribution in [3.8, 4) is 16.3 Å². The van der Waals surface area contributed by atoms with Crippen LogP contribution in [0.15, 0.2) is 18.2 Å². The van der Waals surface area contributed by atoms with Gasteiger partial charge in [0.15, 0.2) is 5.82 Å². The number of anilines is 1. The molecule has 3 aromatic rings. The van der Waals surface area contributed by atoms with Gasteiger partial charge in [0, 0.05) is 11.5 Å². The van der Waals surface area contributed by atoms with E-state index in [0.29, 0.717) is 11.6 Å². The molecule has 0 amide bonds. The molecule has 1 aromatic carbocycles. The molecule has 0 unspecified atom stereocenters. The molecule has 0 saturated heterocycles. The van der Waals surface area contributed by atoms with Crippen molar-refractivity contribution in [2.45, 2.75) is 18.8 Å². The van der Waals surface area contributed by atoms with E-state index in [1.54, 1.807) is 18.2 Å². The summed E-state index contributed by atoms with van der Waals surface area (Å²) in [5, 5.41) is 23.2. The third-order valence-corrected chi connectivity index (χ3v) is 4.18. The minimum Gasteiger partial charge on any atom is -0.506 e. The molecule has 4 rings (SSSR count). The first kappa shape index (κ1) is 10.7. The van der Waals surface area contributed by atoms with Gasteiger partial charge in [0.1, 0.15) is 10.8 Å². The lowest BCUT2D eigenvalue weighted by Gasteiger charge is -2.00. The summed E-state index contributed by atoms with van der Waals surface area (Å²) in [7, 11) is 0. The van der Waals surface area contributed by atoms with E-state index in [9.17, 15) is 5.11 Å². The first-order valence-corrected chi connectivity index (χ1v) is 6.85. The van der Waals surface area contributed by atoms with Crippen molar-refractivity contribution in [3.05, 3.63) is 24.0 Å². The van der Waals surface area contributed by atoms with Crippen LogP contribution in [0.5, 0.6) is 5.75 Å². The molecule has 1 fully saturated rings. The summed E-state index contributed by atoms with van der Waals surface area (Å²) < 4.78 is 1.82. The largest absolute Gasteiger partial charge is 0.506 e. The lowest BCUT2D eigenvalue weighted by molar-refractivity contribution is 0.478. The normalized spacial score (nSPS) is 15.2. The number of aromatic nitrogens is 4. The van der Waals surface area contributed by atoms with Gasteiger partial charge in [-0.2, -0.15) is 9.61 Å². The maximum Gasteiger partial charge on any atom is 0.234 e. The third kappa shape index (κ3) is 1.66. The Labute approximate surface area is 112 Å². The minimum absolute atomic E-state index is 0.0884. The molecule has 3 N–H and O–H groups in total. The summed E-state index contributed by atoms with van der Waals surface area (Å²) in [6.45, 7) is 0. The number of nitrogens with zero attached hydrogens (tertiary/aromatic N) is 4. The summed E-state index contributed by atoms with van der Waals surface area (Å²) >= 11 is 1.47. The van der Waals surface area contributed by atoms with Crippen LogP contribution in [0, 0.1) is 0 Å². The van der Waals surface area contributed by atoms with Crippen molar-refractivity contribution in [2.24, 2.45) is 0 Å².